The van der Waals surface area contributed by atoms with Crippen molar-refractivity contribution in [2.75, 3.05) is 0 Å². The number of carbonyl (C=O) groups is 1. The second kappa shape index (κ2) is 6.79. The molecule has 0 unspecified atom stereocenters. The van der Waals surface area contributed by atoms with Gasteiger partial charge in [-0.25, -0.2) is 4.68 Å². The molecule has 0 aliphatic carbocycles. The SMILES string of the molecule is Cc1cccc(-c2nnnn2CCCCCC(=O)O)c1. The molecular formula is C14H18N4O2. The lowest BCUT2D eigenvalue weighted by Crippen LogP contribution is -2.03. The van der Waals surface area contributed by atoms with Crippen LogP contribution in [-0.2, 0) is 11.3 Å². The van der Waals surface area contributed by atoms with E-state index in [4.69, 9.17) is 5.11 Å². The van der Waals surface area contributed by atoms with Gasteiger partial charge in [0.25, 0.3) is 0 Å². The molecule has 0 fully saturated rings. The van der Waals surface area contributed by atoms with Crippen molar-refractivity contribution < 1.29 is 9.90 Å². The highest BCUT2D eigenvalue weighted by Crippen LogP contribution is 2.17. The van der Waals surface area contributed by atoms with E-state index in [2.05, 4.69) is 15.5 Å². The van der Waals surface area contributed by atoms with Gasteiger partial charge in [-0.2, -0.15) is 0 Å². The number of aromatic nitrogens is 4. The first-order valence-corrected chi connectivity index (χ1v) is 6.72. The molecule has 0 amide bonds. The lowest BCUT2D eigenvalue weighted by atomic mass is 10.1. The van der Waals surface area contributed by atoms with E-state index in [1.807, 2.05) is 31.2 Å². The van der Waals surface area contributed by atoms with Crippen LogP contribution in [0.2, 0.25) is 0 Å². The average Bonchev–Trinajstić information content (AvgIpc) is 2.86. The fourth-order valence-electron chi connectivity index (χ4n) is 2.06. The quantitative estimate of drug-likeness (QED) is 0.783. The Kier molecular flexibility index (Phi) is 4.81. The molecule has 0 atom stereocenters. The molecule has 6 nitrogen and oxygen atoms in total. The van der Waals surface area contributed by atoms with E-state index < -0.39 is 5.97 Å². The van der Waals surface area contributed by atoms with Crippen LogP contribution in [0.15, 0.2) is 24.3 Å². The van der Waals surface area contributed by atoms with Crippen LogP contribution in [-0.4, -0.2) is 31.3 Å². The molecule has 106 valence electrons. The van der Waals surface area contributed by atoms with E-state index in [0.717, 1.165) is 24.2 Å². The van der Waals surface area contributed by atoms with Crippen molar-refractivity contribution in [3.05, 3.63) is 29.8 Å². The molecular weight excluding hydrogens is 256 g/mol. The zero-order valence-corrected chi connectivity index (χ0v) is 11.5. The summed E-state index contributed by atoms with van der Waals surface area (Å²) < 4.78 is 1.77. The Bertz CT molecular complexity index is 580. The van der Waals surface area contributed by atoms with Crippen LogP contribution in [0.4, 0.5) is 0 Å². The molecule has 1 aromatic carbocycles. The van der Waals surface area contributed by atoms with E-state index in [1.54, 1.807) is 4.68 Å². The summed E-state index contributed by atoms with van der Waals surface area (Å²) in [6.45, 7) is 2.74. The zero-order chi connectivity index (χ0) is 14.4. The summed E-state index contributed by atoms with van der Waals surface area (Å²) in [6, 6.07) is 8.05. The summed E-state index contributed by atoms with van der Waals surface area (Å²) in [5, 5.41) is 20.4. The summed E-state index contributed by atoms with van der Waals surface area (Å²) >= 11 is 0. The monoisotopic (exact) mass is 274 g/mol. The Hall–Kier alpha value is -2.24. The van der Waals surface area contributed by atoms with Gasteiger partial charge < -0.3 is 5.11 Å². The third-order valence-corrected chi connectivity index (χ3v) is 3.07. The normalized spacial score (nSPS) is 10.7. The Morgan fingerprint density at radius 2 is 2.15 bits per heavy atom. The molecule has 0 saturated heterocycles. The van der Waals surface area contributed by atoms with Crippen LogP contribution in [0.1, 0.15) is 31.2 Å². The number of nitrogens with zero attached hydrogens (tertiary/aromatic N) is 4. The van der Waals surface area contributed by atoms with E-state index in [-0.39, 0.29) is 6.42 Å². The lowest BCUT2D eigenvalue weighted by molar-refractivity contribution is -0.137. The van der Waals surface area contributed by atoms with Crippen LogP contribution >= 0.6 is 0 Å². The smallest absolute Gasteiger partial charge is 0.303 e. The lowest BCUT2D eigenvalue weighted by Gasteiger charge is -2.05. The number of aryl methyl sites for hydroxylation is 2. The van der Waals surface area contributed by atoms with Crippen LogP contribution in [0.3, 0.4) is 0 Å². The fraction of sp³-hybridized carbons (Fsp3) is 0.429. The molecule has 0 saturated carbocycles. The van der Waals surface area contributed by atoms with Crippen LogP contribution in [0.5, 0.6) is 0 Å². The van der Waals surface area contributed by atoms with Crippen LogP contribution in [0, 0.1) is 6.92 Å². The van der Waals surface area contributed by atoms with Gasteiger partial charge in [-0.3, -0.25) is 4.79 Å². The van der Waals surface area contributed by atoms with E-state index in [9.17, 15) is 4.79 Å². The van der Waals surface area contributed by atoms with Gasteiger partial charge in [-0.15, -0.1) is 5.10 Å². The first kappa shape index (κ1) is 14.2. The molecule has 0 aliphatic heterocycles. The van der Waals surface area contributed by atoms with Crippen molar-refractivity contribution in [1.29, 1.82) is 0 Å². The van der Waals surface area contributed by atoms with E-state index in [1.165, 1.54) is 5.56 Å². The summed E-state index contributed by atoms with van der Waals surface area (Å²) in [7, 11) is 0. The highest BCUT2D eigenvalue weighted by atomic mass is 16.4. The molecule has 6 heteroatoms. The first-order chi connectivity index (χ1) is 9.66. The molecule has 0 radical (unpaired) electrons. The van der Waals surface area contributed by atoms with Gasteiger partial charge in [0.15, 0.2) is 5.82 Å². The number of unbranched alkanes of at least 4 members (excludes halogenated alkanes) is 2. The van der Waals surface area contributed by atoms with Gasteiger partial charge in [-0.1, -0.05) is 30.2 Å². The molecule has 0 aliphatic rings. The van der Waals surface area contributed by atoms with Crippen molar-refractivity contribution in [3.63, 3.8) is 0 Å². The highest BCUT2D eigenvalue weighted by molar-refractivity contribution is 5.66. The highest BCUT2D eigenvalue weighted by Gasteiger charge is 2.08. The minimum Gasteiger partial charge on any atom is -0.481 e. The standard InChI is InChI=1S/C14H18N4O2/c1-11-6-5-7-12(10-11)14-15-16-17-18(14)9-4-2-3-8-13(19)20/h5-7,10H,2-4,8-9H2,1H3,(H,19,20). The maximum absolute atomic E-state index is 10.4. The number of aliphatic carboxylic acids is 1. The van der Waals surface area contributed by atoms with Crippen molar-refractivity contribution >= 4 is 5.97 Å². The second-order valence-electron chi connectivity index (χ2n) is 4.80. The topological polar surface area (TPSA) is 80.9 Å². The molecule has 0 spiro atoms. The van der Waals surface area contributed by atoms with Gasteiger partial charge >= 0.3 is 5.97 Å². The number of hydrogen-bond donors (Lipinski definition) is 1. The minimum absolute atomic E-state index is 0.223. The van der Waals surface area contributed by atoms with E-state index in [0.29, 0.717) is 13.0 Å². The summed E-state index contributed by atoms with van der Waals surface area (Å²) in [5.74, 6) is 0.0137. The van der Waals surface area contributed by atoms with Crippen molar-refractivity contribution in [2.45, 2.75) is 39.2 Å². The maximum atomic E-state index is 10.4. The van der Waals surface area contributed by atoms with Gasteiger partial charge in [0.2, 0.25) is 0 Å². The third kappa shape index (κ3) is 3.88. The van der Waals surface area contributed by atoms with Gasteiger partial charge in [0.1, 0.15) is 0 Å². The fourth-order valence-corrected chi connectivity index (χ4v) is 2.06. The molecule has 2 rings (SSSR count). The van der Waals surface area contributed by atoms with Crippen molar-refractivity contribution in [3.8, 4) is 11.4 Å². The van der Waals surface area contributed by atoms with Gasteiger partial charge in [0.05, 0.1) is 0 Å². The average molecular weight is 274 g/mol. The maximum Gasteiger partial charge on any atom is 0.303 e. The summed E-state index contributed by atoms with van der Waals surface area (Å²) in [5.41, 5.74) is 2.17. The Morgan fingerprint density at radius 3 is 2.90 bits per heavy atom. The molecule has 1 N–H and O–H groups in total. The van der Waals surface area contributed by atoms with Crippen LogP contribution < -0.4 is 0 Å². The molecule has 2 aromatic rings. The predicted molar refractivity (Wildman–Crippen MR) is 74.1 cm³/mol. The van der Waals surface area contributed by atoms with Crippen molar-refractivity contribution in [2.24, 2.45) is 0 Å². The van der Waals surface area contributed by atoms with Gasteiger partial charge in [-0.05, 0) is 36.3 Å². The largest absolute Gasteiger partial charge is 0.481 e. The first-order valence-electron chi connectivity index (χ1n) is 6.72. The number of carboxylic acid groups (broad SMARTS) is 1. The second-order valence-corrected chi connectivity index (χ2v) is 4.80. The Balaban J connectivity index is 1.94. The van der Waals surface area contributed by atoms with Gasteiger partial charge in [0, 0.05) is 18.5 Å². The number of carboxylic acids is 1. The number of hydrogen-bond acceptors (Lipinski definition) is 4. The number of benzene rings is 1. The third-order valence-electron chi connectivity index (χ3n) is 3.07. The molecule has 1 heterocycles. The summed E-state index contributed by atoms with van der Waals surface area (Å²) in [6.07, 6.45) is 2.65. The van der Waals surface area contributed by atoms with Crippen molar-refractivity contribution in [1.82, 2.24) is 20.2 Å². The number of tetrazole rings is 1. The Morgan fingerprint density at radius 1 is 1.30 bits per heavy atom. The Labute approximate surface area is 117 Å². The molecule has 1 aromatic heterocycles. The summed E-state index contributed by atoms with van der Waals surface area (Å²) in [4.78, 5) is 10.4. The molecule has 0 bridgehead atoms. The number of rotatable bonds is 7. The van der Waals surface area contributed by atoms with Crippen LogP contribution in [0.25, 0.3) is 11.4 Å². The minimum atomic E-state index is -0.743. The zero-order valence-electron chi connectivity index (χ0n) is 11.5. The predicted octanol–water partition coefficient (Wildman–Crippen LogP) is 2.29. The van der Waals surface area contributed by atoms with E-state index >= 15 is 0 Å². The molecule has 20 heavy (non-hydrogen) atoms.